The van der Waals surface area contributed by atoms with E-state index in [-0.39, 0.29) is 5.41 Å². The molecule has 2 heterocycles. The van der Waals surface area contributed by atoms with Crippen molar-refractivity contribution in [3.05, 3.63) is 114 Å². The van der Waals surface area contributed by atoms with Crippen LogP contribution in [0.4, 0.5) is 0 Å². The van der Waals surface area contributed by atoms with Gasteiger partial charge in [-0.2, -0.15) is 0 Å². The minimum Gasteiger partial charge on any atom is -0.456 e. The summed E-state index contributed by atoms with van der Waals surface area (Å²) in [6, 6.07) is 34.1. The molecule has 0 fully saturated rings. The Labute approximate surface area is 198 Å². The highest BCUT2D eigenvalue weighted by Crippen LogP contribution is 2.56. The first kappa shape index (κ1) is 19.3. The third-order valence-electron chi connectivity index (χ3n) is 7.30. The van der Waals surface area contributed by atoms with Crippen LogP contribution in [0.25, 0.3) is 55.4 Å². The fourth-order valence-corrected chi connectivity index (χ4v) is 5.78. The van der Waals surface area contributed by atoms with Crippen molar-refractivity contribution >= 4 is 21.9 Å². The molecule has 4 aromatic carbocycles. The van der Waals surface area contributed by atoms with Crippen LogP contribution in [0, 0.1) is 0 Å². The zero-order valence-electron chi connectivity index (χ0n) is 19.2. The largest absolute Gasteiger partial charge is 0.456 e. The van der Waals surface area contributed by atoms with Gasteiger partial charge in [0, 0.05) is 27.9 Å². The van der Waals surface area contributed by atoms with Gasteiger partial charge in [0.05, 0.1) is 5.69 Å². The number of benzene rings is 4. The quantitative estimate of drug-likeness (QED) is 0.271. The summed E-state index contributed by atoms with van der Waals surface area (Å²) in [4.78, 5) is 4.68. The molecule has 2 aromatic heterocycles. The molecule has 0 saturated heterocycles. The molecule has 0 amide bonds. The van der Waals surface area contributed by atoms with Crippen LogP contribution in [0.3, 0.4) is 0 Å². The van der Waals surface area contributed by atoms with Gasteiger partial charge in [0.2, 0.25) is 0 Å². The second kappa shape index (κ2) is 6.91. The zero-order valence-corrected chi connectivity index (χ0v) is 19.2. The minimum atomic E-state index is -0.135. The van der Waals surface area contributed by atoms with Crippen molar-refractivity contribution in [3.63, 3.8) is 0 Å². The molecule has 1 aliphatic rings. The van der Waals surface area contributed by atoms with E-state index in [9.17, 15) is 0 Å². The average molecular weight is 438 g/mol. The maximum Gasteiger partial charge on any atom is 0.136 e. The number of rotatable bonds is 2. The fourth-order valence-electron chi connectivity index (χ4n) is 5.78. The van der Waals surface area contributed by atoms with Crippen molar-refractivity contribution in [1.82, 2.24) is 4.98 Å². The molecule has 0 atom stereocenters. The molecule has 0 N–H and O–H groups in total. The highest BCUT2D eigenvalue weighted by molar-refractivity contribution is 6.16. The van der Waals surface area contributed by atoms with Gasteiger partial charge in [0.1, 0.15) is 11.2 Å². The predicted octanol–water partition coefficient (Wildman–Crippen LogP) is 8.62. The van der Waals surface area contributed by atoms with E-state index in [1.54, 1.807) is 0 Å². The van der Waals surface area contributed by atoms with Crippen molar-refractivity contribution < 1.29 is 4.42 Å². The SMILES string of the molecule is CC1(C)c2ccccc2-c2c1c(-c1ccnc(-c3ccccc3)c1)cc1oc3ccccc3c21. The van der Waals surface area contributed by atoms with Crippen molar-refractivity contribution in [3.8, 4) is 33.5 Å². The Bertz CT molecular complexity index is 1720. The molecule has 0 spiro atoms. The highest BCUT2D eigenvalue weighted by atomic mass is 16.3. The number of hydrogen-bond acceptors (Lipinski definition) is 2. The average Bonchev–Trinajstić information content (AvgIpc) is 3.37. The lowest BCUT2D eigenvalue weighted by Crippen LogP contribution is -2.16. The second-order valence-electron chi connectivity index (χ2n) is 9.61. The topological polar surface area (TPSA) is 26.0 Å². The summed E-state index contributed by atoms with van der Waals surface area (Å²) in [7, 11) is 0. The monoisotopic (exact) mass is 437 g/mol. The minimum absolute atomic E-state index is 0.135. The lowest BCUT2D eigenvalue weighted by atomic mass is 9.78. The van der Waals surface area contributed by atoms with E-state index >= 15 is 0 Å². The van der Waals surface area contributed by atoms with Gasteiger partial charge in [-0.15, -0.1) is 0 Å². The number of nitrogens with zero attached hydrogens (tertiary/aromatic N) is 1. The van der Waals surface area contributed by atoms with Crippen LogP contribution < -0.4 is 0 Å². The second-order valence-corrected chi connectivity index (χ2v) is 9.61. The van der Waals surface area contributed by atoms with Gasteiger partial charge in [0.15, 0.2) is 0 Å². The fraction of sp³-hybridized carbons (Fsp3) is 0.0938. The number of aromatic nitrogens is 1. The normalized spacial score (nSPS) is 13.8. The summed E-state index contributed by atoms with van der Waals surface area (Å²) in [6.45, 7) is 4.68. The molecule has 0 bridgehead atoms. The zero-order chi connectivity index (χ0) is 22.9. The maximum atomic E-state index is 6.42. The summed E-state index contributed by atoms with van der Waals surface area (Å²) >= 11 is 0. The first-order valence-electron chi connectivity index (χ1n) is 11.7. The first-order valence-corrected chi connectivity index (χ1v) is 11.7. The van der Waals surface area contributed by atoms with Gasteiger partial charge in [-0.1, -0.05) is 86.6 Å². The number of hydrogen-bond donors (Lipinski definition) is 0. The van der Waals surface area contributed by atoms with Gasteiger partial charge in [-0.05, 0) is 57.6 Å². The summed E-state index contributed by atoms with van der Waals surface area (Å²) in [6.07, 6.45) is 1.92. The molecule has 0 unspecified atom stereocenters. The molecule has 0 aliphatic heterocycles. The van der Waals surface area contributed by atoms with E-state index in [0.29, 0.717) is 0 Å². The lowest BCUT2D eigenvalue weighted by molar-refractivity contribution is 0.658. The molecule has 34 heavy (non-hydrogen) atoms. The van der Waals surface area contributed by atoms with E-state index < -0.39 is 0 Å². The van der Waals surface area contributed by atoms with E-state index in [0.717, 1.165) is 28.0 Å². The molecule has 1 aliphatic carbocycles. The van der Waals surface area contributed by atoms with Crippen molar-refractivity contribution in [2.75, 3.05) is 0 Å². The van der Waals surface area contributed by atoms with Gasteiger partial charge < -0.3 is 4.42 Å². The van der Waals surface area contributed by atoms with Crippen molar-refractivity contribution in [1.29, 1.82) is 0 Å². The smallest absolute Gasteiger partial charge is 0.136 e. The molecule has 2 nitrogen and oxygen atoms in total. The Morgan fingerprint density at radius 1 is 0.676 bits per heavy atom. The van der Waals surface area contributed by atoms with Crippen LogP contribution in [-0.4, -0.2) is 4.98 Å². The van der Waals surface area contributed by atoms with E-state index in [2.05, 4.69) is 104 Å². The maximum absolute atomic E-state index is 6.42. The van der Waals surface area contributed by atoms with Crippen LogP contribution in [0.2, 0.25) is 0 Å². The van der Waals surface area contributed by atoms with Crippen LogP contribution >= 0.6 is 0 Å². The van der Waals surface area contributed by atoms with E-state index in [1.165, 1.54) is 38.6 Å². The van der Waals surface area contributed by atoms with Gasteiger partial charge >= 0.3 is 0 Å². The molecule has 7 rings (SSSR count). The Morgan fingerprint density at radius 3 is 2.32 bits per heavy atom. The molecular formula is C32H23NO. The third kappa shape index (κ3) is 2.60. The highest BCUT2D eigenvalue weighted by Gasteiger charge is 2.39. The standard InChI is InChI=1S/C32H23NO/c1-32(2)25-14-8-6-12-22(25)30-29-23-13-7-9-15-27(23)34-28(29)19-24(31(30)32)21-16-17-33-26(18-21)20-10-4-3-5-11-20/h3-19H,1-2H3. The summed E-state index contributed by atoms with van der Waals surface area (Å²) in [5.41, 5.74) is 11.5. The first-order chi connectivity index (χ1) is 16.6. The predicted molar refractivity (Wildman–Crippen MR) is 140 cm³/mol. The molecule has 0 radical (unpaired) electrons. The molecule has 2 heteroatoms. The number of pyridine rings is 1. The molecule has 162 valence electrons. The van der Waals surface area contributed by atoms with E-state index in [4.69, 9.17) is 4.42 Å². The van der Waals surface area contributed by atoms with Gasteiger partial charge in [-0.3, -0.25) is 4.98 Å². The molecule has 6 aromatic rings. The number of furan rings is 1. The summed E-state index contributed by atoms with van der Waals surface area (Å²) < 4.78 is 6.42. The lowest BCUT2D eigenvalue weighted by Gasteiger charge is -2.25. The Kier molecular flexibility index (Phi) is 3.93. The van der Waals surface area contributed by atoms with Crippen molar-refractivity contribution in [2.45, 2.75) is 19.3 Å². The Balaban J connectivity index is 1.60. The van der Waals surface area contributed by atoms with Gasteiger partial charge in [0.25, 0.3) is 0 Å². The van der Waals surface area contributed by atoms with Crippen LogP contribution in [0.1, 0.15) is 25.0 Å². The molecule has 0 saturated carbocycles. The van der Waals surface area contributed by atoms with Crippen LogP contribution in [0.5, 0.6) is 0 Å². The number of fused-ring (bicyclic) bond motifs is 7. The van der Waals surface area contributed by atoms with Crippen molar-refractivity contribution in [2.24, 2.45) is 0 Å². The van der Waals surface area contributed by atoms with Crippen LogP contribution in [0.15, 0.2) is 108 Å². The number of para-hydroxylation sites is 1. The van der Waals surface area contributed by atoms with Gasteiger partial charge in [-0.25, -0.2) is 0 Å². The van der Waals surface area contributed by atoms with E-state index in [1.807, 2.05) is 18.3 Å². The summed E-state index contributed by atoms with van der Waals surface area (Å²) in [5, 5.41) is 2.39. The molecular weight excluding hydrogens is 414 g/mol. The Hall–Kier alpha value is -4.17. The Morgan fingerprint density at radius 2 is 1.44 bits per heavy atom. The third-order valence-corrected chi connectivity index (χ3v) is 7.30. The van der Waals surface area contributed by atoms with Crippen LogP contribution in [-0.2, 0) is 5.41 Å². The summed E-state index contributed by atoms with van der Waals surface area (Å²) in [5.74, 6) is 0.